The second kappa shape index (κ2) is 9.12. The van der Waals surface area contributed by atoms with E-state index in [4.69, 9.17) is 16.0 Å². The molecular formula is C21H19ClN4O6S. The van der Waals surface area contributed by atoms with Crippen molar-refractivity contribution < 1.29 is 22.6 Å². The molecule has 12 heteroatoms. The Balaban J connectivity index is 1.65. The number of hydrogen-bond acceptors (Lipinski definition) is 7. The number of nitro groups is 1. The summed E-state index contributed by atoms with van der Waals surface area (Å²) >= 11 is 5.85. The van der Waals surface area contributed by atoms with Crippen LogP contribution in [0.5, 0.6) is 0 Å². The van der Waals surface area contributed by atoms with Gasteiger partial charge in [0.05, 0.1) is 22.3 Å². The number of amides is 1. The highest BCUT2D eigenvalue weighted by molar-refractivity contribution is 7.92. The smallest absolute Gasteiger partial charge is 0.395 e. The van der Waals surface area contributed by atoms with Crippen LogP contribution in [0.25, 0.3) is 0 Å². The van der Waals surface area contributed by atoms with E-state index >= 15 is 0 Å². The van der Waals surface area contributed by atoms with Gasteiger partial charge in [-0.25, -0.2) is 8.42 Å². The quantitative estimate of drug-likeness (QED) is 0.368. The minimum absolute atomic E-state index is 0.0684. The maximum atomic E-state index is 12.9. The first kappa shape index (κ1) is 22.6. The summed E-state index contributed by atoms with van der Waals surface area (Å²) in [6, 6.07) is 12.9. The summed E-state index contributed by atoms with van der Waals surface area (Å²) in [5, 5.41) is 13.9. The van der Waals surface area contributed by atoms with Crippen molar-refractivity contribution in [1.82, 2.24) is 0 Å². The Morgan fingerprint density at radius 3 is 2.39 bits per heavy atom. The fourth-order valence-electron chi connectivity index (χ4n) is 3.48. The fourth-order valence-corrected chi connectivity index (χ4v) is 4.69. The maximum Gasteiger partial charge on any atom is 0.433 e. The molecule has 1 aliphatic rings. The molecule has 0 atom stereocenters. The Hall–Kier alpha value is -3.57. The lowest BCUT2D eigenvalue weighted by molar-refractivity contribution is -0.402. The number of benzene rings is 2. The van der Waals surface area contributed by atoms with E-state index in [1.165, 1.54) is 30.3 Å². The van der Waals surface area contributed by atoms with Crippen LogP contribution in [0, 0.1) is 10.1 Å². The van der Waals surface area contributed by atoms with Gasteiger partial charge in [-0.15, -0.1) is 0 Å². The summed E-state index contributed by atoms with van der Waals surface area (Å²) in [5.74, 6) is -1.56. The van der Waals surface area contributed by atoms with E-state index in [0.29, 0.717) is 16.4 Å². The van der Waals surface area contributed by atoms with E-state index in [2.05, 4.69) is 10.0 Å². The topological polar surface area (TPSA) is 135 Å². The number of hydrogen-bond donors (Lipinski definition) is 2. The molecule has 1 fully saturated rings. The second-order valence-electron chi connectivity index (χ2n) is 7.33. The van der Waals surface area contributed by atoms with E-state index < -0.39 is 26.7 Å². The van der Waals surface area contributed by atoms with Crippen LogP contribution in [-0.2, 0) is 10.0 Å². The van der Waals surface area contributed by atoms with Crippen LogP contribution >= 0.6 is 11.6 Å². The highest BCUT2D eigenvalue weighted by Gasteiger charge is 2.23. The molecule has 2 heterocycles. The summed E-state index contributed by atoms with van der Waals surface area (Å²) in [7, 11) is -3.97. The van der Waals surface area contributed by atoms with E-state index in [1.807, 2.05) is 4.90 Å². The summed E-state index contributed by atoms with van der Waals surface area (Å²) < 4.78 is 33.3. The largest absolute Gasteiger partial charge is 0.433 e. The Labute approximate surface area is 194 Å². The normalized spacial score (nSPS) is 13.7. The van der Waals surface area contributed by atoms with Crippen LogP contribution in [0.2, 0.25) is 5.02 Å². The predicted octanol–water partition coefficient (Wildman–Crippen LogP) is 4.49. The molecule has 1 aromatic heterocycles. The van der Waals surface area contributed by atoms with E-state index in [1.54, 1.807) is 18.2 Å². The first-order chi connectivity index (χ1) is 15.7. The lowest BCUT2D eigenvalue weighted by Crippen LogP contribution is -2.22. The summed E-state index contributed by atoms with van der Waals surface area (Å²) in [6.07, 6.45) is 1.94. The molecule has 1 aliphatic heterocycles. The minimum Gasteiger partial charge on any atom is -0.395 e. The Bertz CT molecular complexity index is 1300. The average Bonchev–Trinajstić information content (AvgIpc) is 3.48. The van der Waals surface area contributed by atoms with Crippen LogP contribution in [0.1, 0.15) is 23.4 Å². The van der Waals surface area contributed by atoms with Crippen LogP contribution in [0.3, 0.4) is 0 Å². The van der Waals surface area contributed by atoms with Crippen LogP contribution in [0.4, 0.5) is 22.9 Å². The van der Waals surface area contributed by atoms with E-state index in [9.17, 15) is 23.3 Å². The van der Waals surface area contributed by atoms with Crippen molar-refractivity contribution in [2.75, 3.05) is 28.0 Å². The van der Waals surface area contributed by atoms with Crippen molar-refractivity contribution >= 4 is 50.5 Å². The number of anilines is 3. The van der Waals surface area contributed by atoms with Crippen molar-refractivity contribution in [1.29, 1.82) is 0 Å². The fraction of sp³-hybridized carbons (Fsp3) is 0.190. The molecular weight excluding hydrogens is 472 g/mol. The molecule has 0 bridgehead atoms. The number of sulfonamides is 1. The van der Waals surface area contributed by atoms with Gasteiger partial charge in [0.1, 0.15) is 4.92 Å². The first-order valence-electron chi connectivity index (χ1n) is 9.96. The standard InChI is InChI=1S/C21H19ClN4O6S/c22-14-3-5-15(6-4-14)24-33(30,31)16-7-8-18(25-11-1-2-12-25)17(13-16)23-21(27)19-9-10-20(32-19)26(28)29/h3-10,13,24H,1-2,11-12H2,(H,23,27). The third-order valence-electron chi connectivity index (χ3n) is 5.07. The van der Waals surface area contributed by atoms with Crippen molar-refractivity contribution in [3.8, 4) is 0 Å². The van der Waals surface area contributed by atoms with Crippen LogP contribution in [0.15, 0.2) is 63.9 Å². The first-order valence-corrected chi connectivity index (χ1v) is 11.8. The Kier molecular flexibility index (Phi) is 6.25. The summed E-state index contributed by atoms with van der Waals surface area (Å²) in [6.45, 7) is 1.51. The van der Waals surface area contributed by atoms with Gasteiger partial charge in [-0.1, -0.05) is 11.6 Å². The highest BCUT2D eigenvalue weighted by atomic mass is 35.5. The van der Waals surface area contributed by atoms with Crippen molar-refractivity contribution in [3.05, 3.63) is 75.5 Å². The van der Waals surface area contributed by atoms with Gasteiger partial charge in [-0.05, 0) is 61.4 Å². The van der Waals surface area contributed by atoms with Gasteiger partial charge in [-0.2, -0.15) is 0 Å². The number of furan rings is 1. The van der Waals surface area contributed by atoms with Gasteiger partial charge in [0.2, 0.25) is 0 Å². The second-order valence-corrected chi connectivity index (χ2v) is 9.45. The lowest BCUT2D eigenvalue weighted by atomic mass is 10.2. The molecule has 0 saturated carbocycles. The number of nitrogens with one attached hydrogen (secondary N) is 2. The van der Waals surface area contributed by atoms with E-state index in [-0.39, 0.29) is 16.3 Å². The number of carbonyl (C=O) groups is 1. The Morgan fingerprint density at radius 2 is 1.76 bits per heavy atom. The summed E-state index contributed by atoms with van der Waals surface area (Å²) in [4.78, 5) is 24.7. The zero-order valence-electron chi connectivity index (χ0n) is 17.2. The number of carbonyl (C=O) groups excluding carboxylic acids is 1. The molecule has 1 amide bonds. The molecule has 2 aromatic carbocycles. The molecule has 172 valence electrons. The molecule has 1 saturated heterocycles. The summed E-state index contributed by atoms with van der Waals surface area (Å²) in [5.41, 5.74) is 1.23. The van der Waals surface area contributed by atoms with Crippen molar-refractivity contribution in [2.24, 2.45) is 0 Å². The van der Waals surface area contributed by atoms with Gasteiger partial charge in [0, 0.05) is 23.8 Å². The average molecular weight is 491 g/mol. The Morgan fingerprint density at radius 1 is 1.06 bits per heavy atom. The zero-order valence-corrected chi connectivity index (χ0v) is 18.7. The van der Waals surface area contributed by atoms with Crippen molar-refractivity contribution in [3.63, 3.8) is 0 Å². The van der Waals surface area contributed by atoms with E-state index in [0.717, 1.165) is 32.0 Å². The van der Waals surface area contributed by atoms with Gasteiger partial charge < -0.3 is 14.6 Å². The number of rotatable bonds is 7. The third kappa shape index (κ3) is 5.10. The SMILES string of the molecule is O=C(Nc1cc(S(=O)(=O)Nc2ccc(Cl)cc2)ccc1N1CCCC1)c1ccc([N+](=O)[O-])o1. The minimum atomic E-state index is -3.97. The van der Waals surface area contributed by atoms with Gasteiger partial charge in [-0.3, -0.25) is 19.6 Å². The monoisotopic (exact) mass is 490 g/mol. The molecule has 2 N–H and O–H groups in total. The van der Waals surface area contributed by atoms with Gasteiger partial charge in [0.15, 0.2) is 5.76 Å². The van der Waals surface area contributed by atoms with Crippen LogP contribution in [-0.4, -0.2) is 32.3 Å². The molecule has 0 unspecified atom stereocenters. The zero-order chi connectivity index (χ0) is 23.6. The number of halogens is 1. The molecule has 3 aromatic rings. The molecule has 10 nitrogen and oxygen atoms in total. The van der Waals surface area contributed by atoms with Gasteiger partial charge in [0.25, 0.3) is 15.9 Å². The molecule has 4 rings (SSSR count). The molecule has 0 radical (unpaired) electrons. The molecule has 0 spiro atoms. The maximum absolute atomic E-state index is 12.9. The number of nitrogens with zero attached hydrogens (tertiary/aromatic N) is 2. The predicted molar refractivity (Wildman–Crippen MR) is 123 cm³/mol. The molecule has 0 aliphatic carbocycles. The third-order valence-corrected chi connectivity index (χ3v) is 6.70. The van der Waals surface area contributed by atoms with Crippen molar-refractivity contribution in [2.45, 2.75) is 17.7 Å². The molecule has 33 heavy (non-hydrogen) atoms. The van der Waals surface area contributed by atoms with Crippen LogP contribution < -0.4 is 14.9 Å². The van der Waals surface area contributed by atoms with Gasteiger partial charge >= 0.3 is 5.88 Å². The lowest BCUT2D eigenvalue weighted by Gasteiger charge is -2.22. The highest BCUT2D eigenvalue weighted by Crippen LogP contribution is 2.33.